The van der Waals surface area contributed by atoms with Crippen molar-refractivity contribution in [2.45, 2.75) is 26.9 Å². The summed E-state index contributed by atoms with van der Waals surface area (Å²) in [7, 11) is 0. The standard InChI is InChI=1S/C15H18N2O/c1-11-3-4-15(18)14(7-11)10-17-9-13-5-6-16-8-12(13)2/h3-8,17-18H,9-10H2,1-2H3. The first kappa shape index (κ1) is 12.6. The fourth-order valence-electron chi connectivity index (χ4n) is 1.89. The van der Waals surface area contributed by atoms with Gasteiger partial charge in [0.2, 0.25) is 0 Å². The molecule has 0 fully saturated rings. The van der Waals surface area contributed by atoms with Crippen LogP contribution in [0.4, 0.5) is 0 Å². The highest BCUT2D eigenvalue weighted by molar-refractivity contribution is 5.35. The van der Waals surface area contributed by atoms with E-state index in [1.807, 2.05) is 38.2 Å². The van der Waals surface area contributed by atoms with Gasteiger partial charge in [-0.2, -0.15) is 0 Å². The van der Waals surface area contributed by atoms with Crippen molar-refractivity contribution in [2.75, 3.05) is 0 Å². The zero-order valence-corrected chi connectivity index (χ0v) is 10.8. The van der Waals surface area contributed by atoms with E-state index in [-0.39, 0.29) is 0 Å². The molecule has 1 aromatic heterocycles. The molecule has 2 aromatic rings. The van der Waals surface area contributed by atoms with E-state index in [0.29, 0.717) is 12.3 Å². The molecule has 2 N–H and O–H groups in total. The molecular weight excluding hydrogens is 224 g/mol. The van der Waals surface area contributed by atoms with Crippen molar-refractivity contribution in [1.29, 1.82) is 0 Å². The van der Waals surface area contributed by atoms with Gasteiger partial charge in [-0.1, -0.05) is 17.7 Å². The van der Waals surface area contributed by atoms with Crippen LogP contribution in [0, 0.1) is 13.8 Å². The lowest BCUT2D eigenvalue weighted by atomic mass is 10.1. The molecule has 0 radical (unpaired) electrons. The van der Waals surface area contributed by atoms with Crippen molar-refractivity contribution in [2.24, 2.45) is 0 Å². The summed E-state index contributed by atoms with van der Waals surface area (Å²) in [5, 5.41) is 13.1. The van der Waals surface area contributed by atoms with Gasteiger partial charge in [-0.05, 0) is 37.1 Å². The van der Waals surface area contributed by atoms with Crippen LogP contribution in [0.25, 0.3) is 0 Å². The summed E-state index contributed by atoms with van der Waals surface area (Å²) in [5.41, 5.74) is 4.50. The lowest BCUT2D eigenvalue weighted by molar-refractivity contribution is 0.464. The zero-order valence-electron chi connectivity index (χ0n) is 10.8. The number of pyridine rings is 1. The first-order chi connectivity index (χ1) is 8.66. The number of aromatic nitrogens is 1. The summed E-state index contributed by atoms with van der Waals surface area (Å²) in [5.74, 6) is 0.347. The molecule has 94 valence electrons. The molecule has 3 heteroatoms. The van der Waals surface area contributed by atoms with E-state index in [4.69, 9.17) is 0 Å². The molecule has 3 nitrogen and oxygen atoms in total. The van der Waals surface area contributed by atoms with Crippen LogP contribution in [-0.4, -0.2) is 10.1 Å². The number of hydrogen-bond donors (Lipinski definition) is 2. The van der Waals surface area contributed by atoms with Crippen molar-refractivity contribution in [1.82, 2.24) is 10.3 Å². The maximum Gasteiger partial charge on any atom is 0.120 e. The minimum absolute atomic E-state index is 0.347. The van der Waals surface area contributed by atoms with Crippen molar-refractivity contribution in [3.8, 4) is 5.75 Å². The third kappa shape index (κ3) is 3.08. The van der Waals surface area contributed by atoms with Gasteiger partial charge in [0.05, 0.1) is 0 Å². The van der Waals surface area contributed by atoms with E-state index in [9.17, 15) is 5.11 Å². The topological polar surface area (TPSA) is 45.1 Å². The molecule has 0 aliphatic heterocycles. The summed E-state index contributed by atoms with van der Waals surface area (Å²) >= 11 is 0. The van der Waals surface area contributed by atoms with Gasteiger partial charge in [-0.15, -0.1) is 0 Å². The Hall–Kier alpha value is -1.87. The van der Waals surface area contributed by atoms with Crippen LogP contribution in [0.2, 0.25) is 0 Å². The first-order valence-corrected chi connectivity index (χ1v) is 6.05. The number of nitrogens with zero attached hydrogens (tertiary/aromatic N) is 1. The maximum absolute atomic E-state index is 9.74. The highest BCUT2D eigenvalue weighted by atomic mass is 16.3. The summed E-state index contributed by atoms with van der Waals surface area (Å²) < 4.78 is 0. The van der Waals surface area contributed by atoms with Gasteiger partial charge < -0.3 is 10.4 Å². The molecule has 0 amide bonds. The summed E-state index contributed by atoms with van der Waals surface area (Å²) in [4.78, 5) is 4.07. The van der Waals surface area contributed by atoms with Crippen LogP contribution in [0.5, 0.6) is 5.75 Å². The van der Waals surface area contributed by atoms with Crippen LogP contribution >= 0.6 is 0 Å². The molecule has 0 aliphatic rings. The second-order valence-electron chi connectivity index (χ2n) is 4.54. The number of rotatable bonds is 4. The number of phenols is 1. The molecule has 0 saturated heterocycles. The molecule has 0 unspecified atom stereocenters. The van der Waals surface area contributed by atoms with Gasteiger partial charge >= 0.3 is 0 Å². The van der Waals surface area contributed by atoms with Crippen molar-refractivity contribution < 1.29 is 5.11 Å². The lowest BCUT2D eigenvalue weighted by Crippen LogP contribution is -2.13. The van der Waals surface area contributed by atoms with Crippen LogP contribution < -0.4 is 5.32 Å². The molecule has 0 atom stereocenters. The van der Waals surface area contributed by atoms with Crippen LogP contribution in [-0.2, 0) is 13.1 Å². The molecule has 0 bridgehead atoms. The van der Waals surface area contributed by atoms with Crippen LogP contribution in [0.3, 0.4) is 0 Å². The monoisotopic (exact) mass is 242 g/mol. The summed E-state index contributed by atoms with van der Waals surface area (Å²) in [6.07, 6.45) is 3.66. The maximum atomic E-state index is 9.74. The van der Waals surface area contributed by atoms with E-state index in [0.717, 1.165) is 17.7 Å². The average Bonchev–Trinajstić information content (AvgIpc) is 2.36. The van der Waals surface area contributed by atoms with Gasteiger partial charge in [0.15, 0.2) is 0 Å². The molecule has 1 aromatic carbocycles. The average molecular weight is 242 g/mol. The number of aryl methyl sites for hydroxylation is 2. The largest absolute Gasteiger partial charge is 0.508 e. The van der Waals surface area contributed by atoms with Crippen molar-refractivity contribution in [3.05, 3.63) is 58.9 Å². The minimum Gasteiger partial charge on any atom is -0.508 e. The number of nitrogens with one attached hydrogen (secondary N) is 1. The third-order valence-corrected chi connectivity index (χ3v) is 3.00. The smallest absolute Gasteiger partial charge is 0.120 e. The molecule has 1 heterocycles. The Balaban J connectivity index is 1.96. The lowest BCUT2D eigenvalue weighted by Gasteiger charge is -2.09. The second-order valence-corrected chi connectivity index (χ2v) is 4.54. The van der Waals surface area contributed by atoms with Crippen molar-refractivity contribution in [3.63, 3.8) is 0 Å². The Labute approximate surface area is 108 Å². The Morgan fingerprint density at radius 1 is 1.11 bits per heavy atom. The van der Waals surface area contributed by atoms with E-state index in [1.54, 1.807) is 12.3 Å². The Morgan fingerprint density at radius 3 is 2.67 bits per heavy atom. The second kappa shape index (κ2) is 5.65. The molecule has 2 rings (SSSR count). The summed E-state index contributed by atoms with van der Waals surface area (Å²) in [6, 6.07) is 7.66. The Kier molecular flexibility index (Phi) is 3.95. The normalized spacial score (nSPS) is 10.6. The van der Waals surface area contributed by atoms with Gasteiger partial charge in [-0.3, -0.25) is 4.98 Å². The van der Waals surface area contributed by atoms with Crippen LogP contribution in [0.1, 0.15) is 22.3 Å². The third-order valence-electron chi connectivity index (χ3n) is 3.00. The highest BCUT2D eigenvalue weighted by Crippen LogP contribution is 2.18. The van der Waals surface area contributed by atoms with Gasteiger partial charge in [0.25, 0.3) is 0 Å². The van der Waals surface area contributed by atoms with Gasteiger partial charge in [-0.25, -0.2) is 0 Å². The molecule has 0 aliphatic carbocycles. The SMILES string of the molecule is Cc1ccc(O)c(CNCc2ccncc2C)c1. The number of benzene rings is 1. The first-order valence-electron chi connectivity index (χ1n) is 6.05. The molecule has 0 saturated carbocycles. The highest BCUT2D eigenvalue weighted by Gasteiger charge is 2.02. The predicted octanol–water partition coefficient (Wildman–Crippen LogP) is 2.69. The minimum atomic E-state index is 0.347. The van der Waals surface area contributed by atoms with Gasteiger partial charge in [0, 0.05) is 31.0 Å². The fraction of sp³-hybridized carbons (Fsp3) is 0.267. The number of aromatic hydroxyl groups is 1. The van der Waals surface area contributed by atoms with E-state index in [1.165, 1.54) is 11.1 Å². The quantitative estimate of drug-likeness (QED) is 0.866. The number of hydrogen-bond acceptors (Lipinski definition) is 3. The Bertz CT molecular complexity index is 538. The fourth-order valence-corrected chi connectivity index (χ4v) is 1.89. The van der Waals surface area contributed by atoms with Crippen molar-refractivity contribution >= 4 is 0 Å². The van der Waals surface area contributed by atoms with E-state index in [2.05, 4.69) is 10.3 Å². The predicted molar refractivity (Wildman–Crippen MR) is 72.4 cm³/mol. The number of phenolic OH excluding ortho intramolecular Hbond substituents is 1. The molecule has 0 spiro atoms. The van der Waals surface area contributed by atoms with Gasteiger partial charge in [0.1, 0.15) is 5.75 Å². The summed E-state index contributed by atoms with van der Waals surface area (Å²) in [6.45, 7) is 5.51. The molecule has 18 heavy (non-hydrogen) atoms. The Morgan fingerprint density at radius 2 is 1.89 bits per heavy atom. The zero-order chi connectivity index (χ0) is 13.0. The van der Waals surface area contributed by atoms with E-state index < -0.39 is 0 Å². The van der Waals surface area contributed by atoms with E-state index >= 15 is 0 Å². The molecular formula is C15H18N2O. The van der Waals surface area contributed by atoms with Crippen LogP contribution in [0.15, 0.2) is 36.7 Å².